The number of morpholine rings is 1. The Morgan fingerprint density at radius 1 is 1.19 bits per heavy atom. The molecule has 1 N–H and O–H groups in total. The minimum Gasteiger partial charge on any atom is -0.404 e. The number of ketones is 1. The largest absolute Gasteiger partial charge is 0.573 e. The summed E-state index contributed by atoms with van der Waals surface area (Å²) in [5.74, 6) is -1.50. The van der Waals surface area contributed by atoms with Crippen molar-refractivity contribution < 1.29 is 32.2 Å². The molecule has 2 heterocycles. The Bertz CT molecular complexity index is 932. The summed E-state index contributed by atoms with van der Waals surface area (Å²) in [5, 5.41) is 2.69. The molecule has 0 aliphatic carbocycles. The van der Waals surface area contributed by atoms with Crippen LogP contribution in [-0.4, -0.2) is 60.8 Å². The van der Waals surface area contributed by atoms with Gasteiger partial charge >= 0.3 is 6.36 Å². The van der Waals surface area contributed by atoms with Crippen LogP contribution < -0.4 is 10.1 Å². The molecule has 1 saturated heterocycles. The van der Waals surface area contributed by atoms with Crippen LogP contribution in [0.2, 0.25) is 5.15 Å². The van der Waals surface area contributed by atoms with Gasteiger partial charge in [0.1, 0.15) is 5.15 Å². The molecule has 0 bridgehead atoms. The Kier molecular flexibility index (Phi) is 7.47. The number of Topliss-reactive ketones (excluding diaryl/α,β-unsaturated/α-hetero) is 1. The molecular formula is C20H19ClF3N3O4. The number of nitrogens with one attached hydrogen (secondary N) is 1. The van der Waals surface area contributed by atoms with Crippen LogP contribution >= 0.6 is 11.6 Å². The van der Waals surface area contributed by atoms with E-state index in [0.717, 1.165) is 6.07 Å². The van der Waals surface area contributed by atoms with Gasteiger partial charge in [-0.15, -0.1) is 13.2 Å². The van der Waals surface area contributed by atoms with E-state index in [0.29, 0.717) is 31.9 Å². The lowest BCUT2D eigenvalue weighted by Gasteiger charge is -2.26. The highest BCUT2D eigenvalue weighted by Crippen LogP contribution is 2.31. The lowest BCUT2D eigenvalue weighted by Crippen LogP contribution is -2.41. The molecule has 1 aromatic heterocycles. The van der Waals surface area contributed by atoms with Gasteiger partial charge in [0.05, 0.1) is 25.4 Å². The molecule has 7 nitrogen and oxygen atoms in total. The van der Waals surface area contributed by atoms with Crippen molar-refractivity contribution >= 4 is 29.0 Å². The fraction of sp³-hybridized carbons (Fsp3) is 0.350. The summed E-state index contributed by atoms with van der Waals surface area (Å²) in [6.07, 6.45) is -3.55. The van der Waals surface area contributed by atoms with Gasteiger partial charge in [-0.3, -0.25) is 14.5 Å². The van der Waals surface area contributed by atoms with Crippen LogP contribution in [0, 0.1) is 0 Å². The topological polar surface area (TPSA) is 80.8 Å². The van der Waals surface area contributed by atoms with Crippen molar-refractivity contribution in [2.45, 2.75) is 12.8 Å². The number of benzene rings is 1. The second-order valence-corrected chi connectivity index (χ2v) is 7.17. The zero-order chi connectivity index (χ0) is 22.4. The fourth-order valence-corrected chi connectivity index (χ4v) is 3.08. The quantitative estimate of drug-likeness (QED) is 0.507. The summed E-state index contributed by atoms with van der Waals surface area (Å²) in [7, 11) is 0. The van der Waals surface area contributed by atoms with E-state index in [9.17, 15) is 22.8 Å². The molecule has 31 heavy (non-hydrogen) atoms. The Morgan fingerprint density at radius 2 is 1.94 bits per heavy atom. The Morgan fingerprint density at radius 3 is 2.58 bits per heavy atom. The summed E-state index contributed by atoms with van der Waals surface area (Å²) in [6.45, 7) is 1.99. The summed E-state index contributed by atoms with van der Waals surface area (Å²) < 4.78 is 47.5. The Labute approximate surface area is 181 Å². The lowest BCUT2D eigenvalue weighted by molar-refractivity contribution is -0.274. The van der Waals surface area contributed by atoms with Crippen LogP contribution in [0.4, 0.5) is 18.9 Å². The number of hydrogen-bond donors (Lipinski definition) is 1. The molecule has 1 aromatic carbocycles. The molecule has 0 atom stereocenters. The molecule has 11 heteroatoms. The first-order valence-electron chi connectivity index (χ1n) is 9.33. The van der Waals surface area contributed by atoms with E-state index in [4.69, 9.17) is 16.3 Å². The van der Waals surface area contributed by atoms with Crippen LogP contribution in [0.25, 0.3) is 0 Å². The van der Waals surface area contributed by atoms with Crippen LogP contribution in [0.1, 0.15) is 15.9 Å². The summed E-state index contributed by atoms with van der Waals surface area (Å²) in [5.41, 5.74) is 0.463. The molecule has 166 valence electrons. The van der Waals surface area contributed by atoms with Gasteiger partial charge < -0.3 is 14.8 Å². The van der Waals surface area contributed by atoms with Gasteiger partial charge in [0.25, 0.3) is 0 Å². The van der Waals surface area contributed by atoms with Gasteiger partial charge in [-0.2, -0.15) is 0 Å². The Balaban J connectivity index is 1.77. The average Bonchev–Trinajstić information content (AvgIpc) is 2.70. The minimum absolute atomic E-state index is 0.0244. The number of ether oxygens (including phenoxy) is 2. The van der Waals surface area contributed by atoms with Crippen molar-refractivity contribution in [3.05, 3.63) is 52.8 Å². The molecule has 0 unspecified atom stereocenters. The summed E-state index contributed by atoms with van der Waals surface area (Å²) in [4.78, 5) is 30.7. The zero-order valence-electron chi connectivity index (χ0n) is 16.2. The molecule has 1 aliphatic heterocycles. The highest BCUT2D eigenvalue weighted by Gasteiger charge is 2.32. The van der Waals surface area contributed by atoms with Gasteiger partial charge in [0.15, 0.2) is 11.5 Å². The molecule has 3 rings (SSSR count). The number of amides is 1. The van der Waals surface area contributed by atoms with Crippen LogP contribution in [0.15, 0.2) is 36.5 Å². The molecule has 0 spiro atoms. The van der Waals surface area contributed by atoms with Crippen molar-refractivity contribution in [2.24, 2.45) is 0 Å². The maximum atomic E-state index is 12.8. The van der Waals surface area contributed by atoms with Crippen LogP contribution in [-0.2, 0) is 16.0 Å². The number of carbonyl (C=O) groups is 2. The number of anilines is 1. The van der Waals surface area contributed by atoms with Gasteiger partial charge in [-0.1, -0.05) is 17.7 Å². The maximum absolute atomic E-state index is 12.8. The smallest absolute Gasteiger partial charge is 0.404 e. The van der Waals surface area contributed by atoms with E-state index >= 15 is 0 Å². The van der Waals surface area contributed by atoms with E-state index in [2.05, 4.69) is 15.0 Å². The van der Waals surface area contributed by atoms with E-state index < -0.39 is 18.0 Å². The standard InChI is InChI=1S/C20H19ClF3N3O4/c21-18-4-1-13(11-25-18)9-16(28)14-2-3-17(31-20(22,23)24)15(10-14)26-19(29)12-27-5-7-30-8-6-27/h1-4,10-11H,5-9,12H2,(H,26,29). The maximum Gasteiger partial charge on any atom is 0.573 e. The number of rotatable bonds is 7. The molecule has 0 saturated carbocycles. The number of carbonyl (C=O) groups excluding carboxylic acids is 2. The highest BCUT2D eigenvalue weighted by molar-refractivity contribution is 6.29. The number of halogens is 4. The van der Waals surface area contributed by atoms with Gasteiger partial charge in [0, 0.05) is 31.3 Å². The minimum atomic E-state index is -4.95. The second kappa shape index (κ2) is 10.1. The zero-order valence-corrected chi connectivity index (χ0v) is 17.0. The first-order valence-corrected chi connectivity index (χ1v) is 9.71. The van der Waals surface area contributed by atoms with E-state index in [-0.39, 0.29) is 35.2 Å². The number of pyridine rings is 1. The van der Waals surface area contributed by atoms with E-state index in [1.54, 1.807) is 6.07 Å². The SMILES string of the molecule is O=C(CN1CCOCC1)Nc1cc(C(=O)Cc2ccc(Cl)nc2)ccc1OC(F)(F)F. The van der Waals surface area contributed by atoms with Crippen molar-refractivity contribution in [1.29, 1.82) is 0 Å². The lowest BCUT2D eigenvalue weighted by atomic mass is 10.0. The van der Waals surface area contributed by atoms with E-state index in [1.807, 2.05) is 4.90 Å². The number of alkyl halides is 3. The van der Waals surface area contributed by atoms with Crippen molar-refractivity contribution in [1.82, 2.24) is 9.88 Å². The molecule has 1 amide bonds. The third-order valence-corrected chi connectivity index (χ3v) is 4.65. The first kappa shape index (κ1) is 23.0. The fourth-order valence-electron chi connectivity index (χ4n) is 2.97. The van der Waals surface area contributed by atoms with Gasteiger partial charge in [0.2, 0.25) is 5.91 Å². The third kappa shape index (κ3) is 7.20. The number of aromatic nitrogens is 1. The second-order valence-electron chi connectivity index (χ2n) is 6.78. The predicted molar refractivity (Wildman–Crippen MR) is 106 cm³/mol. The van der Waals surface area contributed by atoms with Crippen molar-refractivity contribution in [2.75, 3.05) is 38.2 Å². The molecule has 2 aromatic rings. The van der Waals surface area contributed by atoms with Gasteiger partial charge in [-0.25, -0.2) is 4.98 Å². The van der Waals surface area contributed by atoms with Crippen LogP contribution in [0.3, 0.4) is 0 Å². The highest BCUT2D eigenvalue weighted by atomic mass is 35.5. The van der Waals surface area contributed by atoms with E-state index in [1.165, 1.54) is 24.4 Å². The first-order chi connectivity index (χ1) is 14.7. The predicted octanol–water partition coefficient (Wildman–Crippen LogP) is 3.33. The number of hydrogen-bond acceptors (Lipinski definition) is 6. The summed E-state index contributed by atoms with van der Waals surface area (Å²) in [6, 6.07) is 6.54. The Hall–Kier alpha value is -2.69. The van der Waals surface area contributed by atoms with Gasteiger partial charge in [-0.05, 0) is 29.8 Å². The normalized spacial score (nSPS) is 14.8. The molecule has 1 aliphatic rings. The molecular weight excluding hydrogens is 439 g/mol. The number of nitrogens with zero attached hydrogens (tertiary/aromatic N) is 2. The van der Waals surface area contributed by atoms with Crippen LogP contribution in [0.5, 0.6) is 5.75 Å². The monoisotopic (exact) mass is 457 g/mol. The summed E-state index contributed by atoms with van der Waals surface area (Å²) >= 11 is 5.72. The average molecular weight is 458 g/mol. The van der Waals surface area contributed by atoms with Crippen molar-refractivity contribution in [3.63, 3.8) is 0 Å². The third-order valence-electron chi connectivity index (χ3n) is 4.43. The van der Waals surface area contributed by atoms with Crippen molar-refractivity contribution in [3.8, 4) is 5.75 Å². The molecule has 0 radical (unpaired) electrons. The molecule has 1 fully saturated rings.